The van der Waals surface area contributed by atoms with E-state index in [-0.39, 0.29) is 32.4 Å². The average Bonchev–Trinajstić information content (AvgIpc) is 4.15. The zero-order valence-corrected chi connectivity index (χ0v) is 37.4. The average molecular weight is 911 g/mol. The Kier molecular flexibility index (Phi) is 7.80. The van der Waals surface area contributed by atoms with E-state index >= 15 is 0 Å². The summed E-state index contributed by atoms with van der Waals surface area (Å²) in [5.41, 5.74) is 0.0706. The van der Waals surface area contributed by atoms with Crippen LogP contribution in [0.4, 0.5) is 10.0 Å². The number of rotatable bonds is 2. The molecule has 0 N–H and O–H groups in total. The molecule has 0 radical (unpaired) electrons. The van der Waals surface area contributed by atoms with E-state index in [4.69, 9.17) is 19.5 Å². The fourth-order valence-electron chi connectivity index (χ4n) is 11.2. The standard InChI is InChI=1S/C52H34N2O6S4/c55-41-29-19-25-11-3-4-12-26(25)20-30(29)42(56)39(41)53-35-23-33-45(61-35)47-37(51(59-33)15-7-1-8-16-51)49-50(63-47)38-48(64-49)46-34(60-52(38)17-9-2-10-18-52)24-36(62-46)54-40-43(57)31-21-27-13-5-6-14-28(27)22-32(31)44(40)58/h3-6,11-14,19-24H,1-2,7-10,15-18H2. The van der Waals surface area contributed by atoms with E-state index in [1.807, 2.05) is 108 Å². The van der Waals surface area contributed by atoms with Crippen LogP contribution in [0.1, 0.15) is 75.3 Å². The third kappa shape index (κ3) is 5.13. The molecule has 0 amide bonds. The first-order chi connectivity index (χ1) is 31.3. The molecule has 2 aliphatic heterocycles. The Bertz CT molecular complexity index is 3640. The molecule has 4 aliphatic rings. The minimum Gasteiger partial charge on any atom is -0.481 e. The van der Waals surface area contributed by atoms with Gasteiger partial charge in [-0.15, -0.1) is 45.3 Å². The number of hydrogen-bond acceptors (Lipinski definition) is 12. The van der Waals surface area contributed by atoms with Crippen LogP contribution in [0.25, 0.3) is 72.0 Å². The van der Waals surface area contributed by atoms with Crippen LogP contribution in [-0.4, -0.2) is 0 Å². The van der Waals surface area contributed by atoms with Gasteiger partial charge < -0.3 is 9.47 Å². The highest BCUT2D eigenvalue weighted by Crippen LogP contribution is 2.66. The summed E-state index contributed by atoms with van der Waals surface area (Å²) in [4.78, 5) is 69.0. The summed E-state index contributed by atoms with van der Waals surface area (Å²) in [6.45, 7) is 0. The van der Waals surface area contributed by atoms with Gasteiger partial charge in [-0.05, 0) is 97.2 Å². The summed E-state index contributed by atoms with van der Waals surface area (Å²) in [7, 11) is 0. The van der Waals surface area contributed by atoms with Crippen molar-refractivity contribution >= 4 is 108 Å². The summed E-state index contributed by atoms with van der Waals surface area (Å²) >= 11 is 6.60. The summed E-state index contributed by atoms with van der Waals surface area (Å²) < 4.78 is 16.9. The minimum atomic E-state index is -0.522. The first-order valence-electron chi connectivity index (χ1n) is 21.9. The fraction of sp³-hybridized carbons (Fsp3) is 0.231. The number of ether oxygens (including phenoxy) is 2. The molecule has 8 nitrogen and oxygen atoms in total. The first kappa shape index (κ1) is 37.5. The van der Waals surface area contributed by atoms with Crippen molar-refractivity contribution in [3.63, 3.8) is 0 Å². The van der Waals surface area contributed by atoms with Gasteiger partial charge in [0.15, 0.2) is 10.7 Å². The van der Waals surface area contributed by atoms with E-state index in [2.05, 4.69) is 0 Å². The van der Waals surface area contributed by atoms with Crippen LogP contribution in [-0.2, 0) is 11.2 Å². The Morgan fingerprint density at radius 1 is 0.422 bits per heavy atom. The van der Waals surface area contributed by atoms with Crippen molar-refractivity contribution in [2.45, 2.75) is 75.4 Å². The van der Waals surface area contributed by atoms with Gasteiger partial charge in [0.1, 0.15) is 32.7 Å². The van der Waals surface area contributed by atoms with Gasteiger partial charge in [0.05, 0.1) is 28.9 Å². The molecule has 12 heteroatoms. The lowest BCUT2D eigenvalue weighted by molar-refractivity contribution is 0.0258. The SMILES string of the molecule is O=c1c(=Nc2cc3c(s2)-c2sc4c5c(sc4c2C2(CCCCC2)O3)-c2sc(N=c3c(=O)c4cc6ccccc6cc4c3=O)cc2OC52CCCCC2)c(=O)c2cc3ccccc3cc12. The van der Waals surface area contributed by atoms with Crippen molar-refractivity contribution in [2.24, 2.45) is 9.98 Å². The third-order valence-corrected chi connectivity index (χ3v) is 19.1. The van der Waals surface area contributed by atoms with Crippen LogP contribution in [0.15, 0.2) is 114 Å². The summed E-state index contributed by atoms with van der Waals surface area (Å²) in [6, 6.07) is 26.6. The molecular formula is C52H34N2O6S4. The van der Waals surface area contributed by atoms with E-state index in [1.165, 1.54) is 53.0 Å². The van der Waals surface area contributed by atoms with Gasteiger partial charge in [0, 0.05) is 44.8 Å². The van der Waals surface area contributed by atoms with Crippen molar-refractivity contribution < 1.29 is 9.47 Å². The lowest BCUT2D eigenvalue weighted by Gasteiger charge is -2.40. The second-order valence-corrected chi connectivity index (χ2v) is 22.0. The first-order valence-corrected chi connectivity index (χ1v) is 25.2. The lowest BCUT2D eigenvalue weighted by atomic mass is 9.76. The van der Waals surface area contributed by atoms with E-state index in [0.717, 1.165) is 107 Å². The Morgan fingerprint density at radius 2 is 0.766 bits per heavy atom. The molecule has 6 aromatic carbocycles. The summed E-state index contributed by atoms with van der Waals surface area (Å²) in [6.07, 6.45) is 10.1. The number of nitrogens with zero attached hydrogens (tertiary/aromatic N) is 2. The van der Waals surface area contributed by atoms with Gasteiger partial charge in [-0.25, -0.2) is 9.98 Å². The molecule has 2 aliphatic carbocycles. The molecule has 6 heterocycles. The smallest absolute Gasteiger partial charge is 0.216 e. The molecule has 2 saturated carbocycles. The highest BCUT2D eigenvalue weighted by molar-refractivity contribution is 7.34. The molecule has 4 aromatic heterocycles. The van der Waals surface area contributed by atoms with Crippen molar-refractivity contribution in [1.29, 1.82) is 0 Å². The summed E-state index contributed by atoms with van der Waals surface area (Å²) in [5.74, 6) is 1.53. The predicted octanol–water partition coefficient (Wildman–Crippen LogP) is 11.8. The van der Waals surface area contributed by atoms with Crippen LogP contribution in [0.2, 0.25) is 0 Å². The van der Waals surface area contributed by atoms with Crippen molar-refractivity contribution in [3.05, 3.63) is 148 Å². The molecule has 0 saturated heterocycles. The fourth-order valence-corrected chi connectivity index (χ4v) is 16.7. The Labute approximate surface area is 379 Å². The van der Waals surface area contributed by atoms with Gasteiger partial charge in [0.2, 0.25) is 21.7 Å². The molecule has 0 unspecified atom stereocenters. The molecular weight excluding hydrogens is 877 g/mol. The highest BCUT2D eigenvalue weighted by Gasteiger charge is 2.50. The maximum atomic E-state index is 13.8. The maximum absolute atomic E-state index is 13.8. The monoisotopic (exact) mass is 910 g/mol. The number of thiophene rings is 4. The van der Waals surface area contributed by atoms with Gasteiger partial charge in [0.25, 0.3) is 0 Å². The zero-order chi connectivity index (χ0) is 42.6. The highest BCUT2D eigenvalue weighted by atomic mass is 32.1. The van der Waals surface area contributed by atoms with Gasteiger partial charge in [-0.2, -0.15) is 0 Å². The third-order valence-electron chi connectivity index (χ3n) is 14.2. The number of benzene rings is 4. The van der Waals surface area contributed by atoms with Gasteiger partial charge in [-0.1, -0.05) is 61.4 Å². The van der Waals surface area contributed by atoms with Crippen molar-refractivity contribution in [2.75, 3.05) is 0 Å². The molecule has 2 fully saturated rings. The van der Waals surface area contributed by atoms with Crippen molar-refractivity contribution in [1.82, 2.24) is 0 Å². The van der Waals surface area contributed by atoms with Crippen LogP contribution >= 0.6 is 45.3 Å². The second-order valence-electron chi connectivity index (χ2n) is 17.9. The van der Waals surface area contributed by atoms with E-state index in [9.17, 15) is 19.2 Å². The van der Waals surface area contributed by atoms with Crippen molar-refractivity contribution in [3.8, 4) is 31.0 Å². The van der Waals surface area contributed by atoms with Gasteiger partial charge >= 0.3 is 0 Å². The van der Waals surface area contributed by atoms with E-state index < -0.39 is 11.2 Å². The normalized spacial score (nSPS) is 17.2. The largest absolute Gasteiger partial charge is 0.481 e. The molecule has 14 rings (SSSR count). The van der Waals surface area contributed by atoms with Crippen LogP contribution < -0.4 is 41.9 Å². The van der Waals surface area contributed by atoms with Crippen LogP contribution in [0.5, 0.6) is 11.5 Å². The molecule has 10 aromatic rings. The molecule has 64 heavy (non-hydrogen) atoms. The Balaban J connectivity index is 0.946. The molecule has 2 spiro atoms. The number of fused-ring (bicyclic) bond motifs is 15. The van der Waals surface area contributed by atoms with Crippen LogP contribution in [0, 0.1) is 0 Å². The lowest BCUT2D eigenvalue weighted by Crippen LogP contribution is -2.37. The Hall–Kier alpha value is -5.92. The van der Waals surface area contributed by atoms with E-state index in [0.29, 0.717) is 31.5 Å². The molecule has 0 atom stereocenters. The minimum absolute atomic E-state index is 0.0508. The number of hydrogen-bond donors (Lipinski definition) is 0. The van der Waals surface area contributed by atoms with E-state index in [1.54, 1.807) is 0 Å². The topological polar surface area (TPSA) is 111 Å². The maximum Gasteiger partial charge on any atom is 0.216 e. The quantitative estimate of drug-likeness (QED) is 0.171. The van der Waals surface area contributed by atoms with Gasteiger partial charge in [-0.3, -0.25) is 19.2 Å². The molecule has 312 valence electrons. The second kappa shape index (κ2) is 13.3. The summed E-state index contributed by atoms with van der Waals surface area (Å²) in [5, 5.41) is 6.32. The Morgan fingerprint density at radius 3 is 1.11 bits per heavy atom. The zero-order valence-electron chi connectivity index (χ0n) is 34.1. The molecule has 0 bridgehead atoms. The predicted molar refractivity (Wildman–Crippen MR) is 260 cm³/mol. The van der Waals surface area contributed by atoms with Crippen LogP contribution in [0.3, 0.4) is 0 Å².